The zero-order valence-electron chi connectivity index (χ0n) is 11.4. The van der Waals surface area contributed by atoms with Gasteiger partial charge in [-0.05, 0) is 30.3 Å². The molecule has 0 saturated heterocycles. The number of hydrogen-bond acceptors (Lipinski definition) is 6. The molecule has 0 spiro atoms. The Bertz CT molecular complexity index is 391. The second-order valence-corrected chi connectivity index (χ2v) is 12.6. The van der Waals surface area contributed by atoms with Crippen LogP contribution in [-0.2, 0) is 10.5 Å². The molecule has 1 heterocycles. The first-order valence-electron chi connectivity index (χ1n) is 6.00. The van der Waals surface area contributed by atoms with Crippen molar-refractivity contribution in [3.8, 4) is 0 Å². The Kier molecular flexibility index (Phi) is 6.31. The molecule has 4 nitrogen and oxygen atoms in total. The monoisotopic (exact) mass is 304 g/mol. The lowest BCUT2D eigenvalue weighted by Gasteiger charge is -2.14. The van der Waals surface area contributed by atoms with E-state index in [9.17, 15) is 4.79 Å². The molecular formula is C11H20N2O2S2Si. The van der Waals surface area contributed by atoms with Crippen molar-refractivity contribution in [1.29, 1.82) is 0 Å². The number of ether oxygens (including phenoxy) is 1. The van der Waals surface area contributed by atoms with Crippen LogP contribution in [-0.4, -0.2) is 36.0 Å². The molecule has 0 aliphatic carbocycles. The molecule has 1 aromatic rings. The van der Waals surface area contributed by atoms with E-state index in [0.29, 0.717) is 11.5 Å². The van der Waals surface area contributed by atoms with Crippen LogP contribution < -0.4 is 0 Å². The van der Waals surface area contributed by atoms with E-state index in [1.807, 2.05) is 11.8 Å². The van der Waals surface area contributed by atoms with Crippen LogP contribution in [0.5, 0.6) is 0 Å². The van der Waals surface area contributed by atoms with Gasteiger partial charge >= 0.3 is 5.97 Å². The van der Waals surface area contributed by atoms with Gasteiger partial charge in [0.15, 0.2) is 4.88 Å². The standard InChI is InChI=1S/C11H20N2O2S2Si/c1-5-15-11(14)10-9(12-13-17-10)8-16-6-7-18(2,3)4/h5-8H2,1-4H3. The summed E-state index contributed by atoms with van der Waals surface area (Å²) in [5, 5.41) is 4.01. The minimum absolute atomic E-state index is 0.298. The first kappa shape index (κ1) is 15.7. The van der Waals surface area contributed by atoms with Gasteiger partial charge in [0.05, 0.1) is 6.61 Å². The first-order chi connectivity index (χ1) is 8.44. The zero-order valence-corrected chi connectivity index (χ0v) is 14.0. The Hall–Kier alpha value is -0.403. The molecule has 0 saturated carbocycles. The normalized spacial score (nSPS) is 11.6. The lowest BCUT2D eigenvalue weighted by atomic mass is 10.4. The van der Waals surface area contributed by atoms with E-state index in [-0.39, 0.29) is 5.97 Å². The number of carbonyl (C=O) groups is 1. The summed E-state index contributed by atoms with van der Waals surface area (Å²) in [4.78, 5) is 12.2. The van der Waals surface area contributed by atoms with E-state index in [1.54, 1.807) is 6.92 Å². The topological polar surface area (TPSA) is 52.1 Å². The second kappa shape index (κ2) is 7.25. The third kappa shape index (κ3) is 5.49. The van der Waals surface area contributed by atoms with Gasteiger partial charge in [0.1, 0.15) is 5.69 Å². The van der Waals surface area contributed by atoms with Crippen molar-refractivity contribution in [3.05, 3.63) is 10.6 Å². The number of hydrogen-bond donors (Lipinski definition) is 0. The van der Waals surface area contributed by atoms with Crippen LogP contribution in [0.3, 0.4) is 0 Å². The van der Waals surface area contributed by atoms with Crippen molar-refractivity contribution in [2.24, 2.45) is 0 Å². The Morgan fingerprint density at radius 1 is 1.44 bits per heavy atom. The number of carbonyl (C=O) groups excluding carboxylic acids is 1. The third-order valence-corrected chi connectivity index (χ3v) is 6.08. The SMILES string of the molecule is CCOC(=O)c1snnc1CSCC[Si](C)(C)C. The largest absolute Gasteiger partial charge is 0.462 e. The molecule has 0 N–H and O–H groups in total. The maximum atomic E-state index is 11.6. The Labute approximate surface area is 118 Å². The van der Waals surface area contributed by atoms with Crippen LogP contribution in [0.15, 0.2) is 0 Å². The van der Waals surface area contributed by atoms with Crippen LogP contribution in [0.1, 0.15) is 22.3 Å². The highest BCUT2D eigenvalue weighted by atomic mass is 32.2. The fourth-order valence-corrected chi connectivity index (χ4v) is 5.43. The quantitative estimate of drug-likeness (QED) is 0.439. The van der Waals surface area contributed by atoms with Crippen LogP contribution in [0.25, 0.3) is 0 Å². The van der Waals surface area contributed by atoms with Gasteiger partial charge in [-0.25, -0.2) is 4.79 Å². The number of thioether (sulfide) groups is 1. The molecule has 0 amide bonds. The minimum atomic E-state index is -0.973. The van der Waals surface area contributed by atoms with Crippen molar-refractivity contribution in [2.45, 2.75) is 38.4 Å². The highest BCUT2D eigenvalue weighted by Gasteiger charge is 2.18. The van der Waals surface area contributed by atoms with E-state index >= 15 is 0 Å². The highest BCUT2D eigenvalue weighted by molar-refractivity contribution is 7.98. The van der Waals surface area contributed by atoms with Crippen molar-refractivity contribution >= 4 is 37.3 Å². The van der Waals surface area contributed by atoms with Crippen molar-refractivity contribution in [3.63, 3.8) is 0 Å². The molecule has 7 heteroatoms. The Morgan fingerprint density at radius 2 is 2.17 bits per heavy atom. The average Bonchev–Trinajstić information content (AvgIpc) is 2.71. The predicted molar refractivity (Wildman–Crippen MR) is 80.2 cm³/mol. The molecule has 0 unspecified atom stereocenters. The minimum Gasteiger partial charge on any atom is -0.462 e. The number of rotatable bonds is 7. The van der Waals surface area contributed by atoms with E-state index in [4.69, 9.17) is 4.74 Å². The molecule has 18 heavy (non-hydrogen) atoms. The van der Waals surface area contributed by atoms with Crippen LogP contribution in [0.2, 0.25) is 25.7 Å². The molecular weight excluding hydrogens is 284 g/mol. The smallest absolute Gasteiger partial charge is 0.351 e. The van der Waals surface area contributed by atoms with E-state index in [0.717, 1.165) is 28.7 Å². The molecule has 0 aliphatic rings. The maximum Gasteiger partial charge on any atom is 0.351 e. The molecule has 0 fully saturated rings. The van der Waals surface area contributed by atoms with Crippen molar-refractivity contribution < 1.29 is 9.53 Å². The fourth-order valence-electron chi connectivity index (χ4n) is 1.20. The van der Waals surface area contributed by atoms with Crippen LogP contribution in [0, 0.1) is 0 Å². The van der Waals surface area contributed by atoms with E-state index in [1.165, 1.54) is 6.04 Å². The van der Waals surface area contributed by atoms with Crippen molar-refractivity contribution in [1.82, 2.24) is 9.59 Å². The summed E-state index contributed by atoms with van der Waals surface area (Å²) in [7, 11) is -0.973. The summed E-state index contributed by atoms with van der Waals surface area (Å²) >= 11 is 2.94. The summed E-state index contributed by atoms with van der Waals surface area (Å²) in [5.74, 6) is 1.57. The predicted octanol–water partition coefficient (Wildman–Crippen LogP) is 3.29. The molecule has 0 atom stereocenters. The van der Waals surface area contributed by atoms with E-state index < -0.39 is 8.07 Å². The van der Waals surface area contributed by atoms with E-state index in [2.05, 4.69) is 29.2 Å². The summed E-state index contributed by atoms with van der Waals surface area (Å²) < 4.78 is 8.82. The van der Waals surface area contributed by atoms with Gasteiger partial charge in [0.2, 0.25) is 0 Å². The molecule has 1 aromatic heterocycles. The van der Waals surface area contributed by atoms with Gasteiger partial charge in [-0.15, -0.1) is 5.10 Å². The lowest BCUT2D eigenvalue weighted by Crippen LogP contribution is -2.19. The van der Waals surface area contributed by atoms with Crippen LogP contribution in [0.4, 0.5) is 0 Å². The summed E-state index contributed by atoms with van der Waals surface area (Å²) in [6.07, 6.45) is 0. The van der Waals surface area contributed by atoms with Crippen LogP contribution >= 0.6 is 23.3 Å². The number of esters is 1. The fraction of sp³-hybridized carbons (Fsp3) is 0.727. The molecule has 0 aliphatic heterocycles. The third-order valence-electron chi connectivity index (χ3n) is 2.25. The summed E-state index contributed by atoms with van der Waals surface area (Å²) in [6, 6.07) is 1.28. The molecule has 0 radical (unpaired) electrons. The van der Waals surface area contributed by atoms with Gasteiger partial charge in [-0.1, -0.05) is 24.1 Å². The van der Waals surface area contributed by atoms with Gasteiger partial charge in [0, 0.05) is 13.8 Å². The van der Waals surface area contributed by atoms with Gasteiger partial charge in [-0.2, -0.15) is 11.8 Å². The molecule has 1 rings (SSSR count). The van der Waals surface area contributed by atoms with Gasteiger partial charge in [0.25, 0.3) is 0 Å². The van der Waals surface area contributed by atoms with Crippen molar-refractivity contribution in [2.75, 3.05) is 12.4 Å². The summed E-state index contributed by atoms with van der Waals surface area (Å²) in [6.45, 7) is 9.28. The Balaban J connectivity index is 2.43. The second-order valence-electron chi connectivity index (χ2n) is 5.13. The molecule has 0 bridgehead atoms. The summed E-state index contributed by atoms with van der Waals surface area (Å²) in [5.41, 5.74) is 0.763. The zero-order chi connectivity index (χ0) is 13.6. The highest BCUT2D eigenvalue weighted by Crippen LogP contribution is 2.21. The first-order valence-corrected chi connectivity index (χ1v) is 11.6. The molecule has 0 aromatic carbocycles. The Morgan fingerprint density at radius 3 is 2.78 bits per heavy atom. The molecule has 102 valence electrons. The lowest BCUT2D eigenvalue weighted by molar-refractivity contribution is 0.0531. The van der Waals surface area contributed by atoms with Gasteiger partial charge < -0.3 is 4.74 Å². The number of nitrogens with zero attached hydrogens (tertiary/aromatic N) is 2. The van der Waals surface area contributed by atoms with Gasteiger partial charge in [-0.3, -0.25) is 0 Å². The number of aromatic nitrogens is 2. The average molecular weight is 305 g/mol. The maximum absolute atomic E-state index is 11.6.